The molecule has 2 heterocycles. The van der Waals surface area contributed by atoms with E-state index >= 15 is 0 Å². The van der Waals surface area contributed by atoms with Gasteiger partial charge < -0.3 is 19.9 Å². The third kappa shape index (κ3) is 4.73. The fourth-order valence-corrected chi connectivity index (χ4v) is 4.18. The summed E-state index contributed by atoms with van der Waals surface area (Å²) in [5, 5.41) is 14.0. The number of rotatable bonds is 7. The quantitative estimate of drug-likeness (QED) is 0.434. The number of aliphatic carboxylic acids is 1. The van der Waals surface area contributed by atoms with E-state index in [1.54, 1.807) is 19.2 Å². The molecule has 0 aliphatic carbocycles. The van der Waals surface area contributed by atoms with Gasteiger partial charge in [-0.3, -0.25) is 4.99 Å². The number of ether oxygens (including phenoxy) is 2. The van der Waals surface area contributed by atoms with E-state index in [0.29, 0.717) is 27.4 Å². The number of carbonyl (C=O) groups is 1. The Kier molecular flexibility index (Phi) is 6.19. The largest absolute Gasteiger partial charge is 0.497 e. The molecule has 9 heteroatoms. The number of hydrogen-bond donors (Lipinski definition) is 2. The van der Waals surface area contributed by atoms with Crippen molar-refractivity contribution in [2.45, 2.75) is 12.1 Å². The molecule has 2 aliphatic rings. The summed E-state index contributed by atoms with van der Waals surface area (Å²) < 4.78 is 11.2. The number of halogens is 2. The van der Waals surface area contributed by atoms with Crippen LogP contribution in [0, 0.1) is 0 Å². The third-order valence-corrected chi connectivity index (χ3v) is 6.18. The molecule has 2 N–H and O–H groups in total. The average Bonchev–Trinajstić information content (AvgIpc) is 3.28. The number of amidine groups is 1. The van der Waals surface area contributed by atoms with E-state index in [4.69, 9.17) is 37.7 Å². The van der Waals surface area contributed by atoms with Gasteiger partial charge in [0, 0.05) is 21.7 Å². The van der Waals surface area contributed by atoms with Crippen molar-refractivity contribution in [1.29, 1.82) is 0 Å². The number of benzene rings is 3. The SMILES string of the molecule is COc1cc(OC2=CN=C2C(=O)O)cc(C2=NC(c3ccc(Cl)cc3)C(c3ccc(Cl)cc3)N2)c1. The molecule has 0 saturated carbocycles. The van der Waals surface area contributed by atoms with Gasteiger partial charge in [-0.15, -0.1) is 0 Å². The Bertz CT molecular complexity index is 1380. The number of aliphatic imine (C=N–C) groups is 2. The van der Waals surface area contributed by atoms with Crippen molar-refractivity contribution in [1.82, 2.24) is 5.32 Å². The molecule has 35 heavy (non-hydrogen) atoms. The van der Waals surface area contributed by atoms with Gasteiger partial charge in [0.2, 0.25) is 0 Å². The molecule has 3 aromatic carbocycles. The van der Waals surface area contributed by atoms with Crippen LogP contribution in [0.5, 0.6) is 11.5 Å². The van der Waals surface area contributed by atoms with Crippen molar-refractivity contribution in [3.05, 3.63) is 105 Å². The van der Waals surface area contributed by atoms with Gasteiger partial charge in [-0.1, -0.05) is 47.5 Å². The fraction of sp³-hybridized carbons (Fsp3) is 0.115. The highest BCUT2D eigenvalue weighted by Gasteiger charge is 2.32. The lowest BCUT2D eigenvalue weighted by atomic mass is 9.95. The number of hydrogen-bond acceptors (Lipinski definition) is 6. The summed E-state index contributed by atoms with van der Waals surface area (Å²) >= 11 is 12.2. The maximum absolute atomic E-state index is 11.2. The zero-order valence-corrected chi connectivity index (χ0v) is 19.9. The first-order valence-corrected chi connectivity index (χ1v) is 11.4. The van der Waals surface area contributed by atoms with E-state index in [1.165, 1.54) is 6.20 Å². The summed E-state index contributed by atoms with van der Waals surface area (Å²) in [5.41, 5.74) is 2.62. The molecule has 176 valence electrons. The summed E-state index contributed by atoms with van der Waals surface area (Å²) in [6.07, 6.45) is 1.36. The minimum absolute atomic E-state index is 0.128. The standard InChI is InChI=1S/C26H19Cl2N3O4/c1-34-19-10-16(11-20(12-19)35-21-13-29-24(21)26(32)33)25-30-22(14-2-6-17(27)7-3-14)23(31-25)15-4-8-18(28)9-5-15/h2-13,22-23H,1H3,(H,30,31)(H,32,33). The van der Waals surface area contributed by atoms with Crippen LogP contribution in [0.1, 0.15) is 28.8 Å². The minimum atomic E-state index is -1.15. The smallest absolute Gasteiger partial charge is 0.358 e. The van der Waals surface area contributed by atoms with Crippen molar-refractivity contribution in [2.75, 3.05) is 7.11 Å². The topological polar surface area (TPSA) is 92.5 Å². The van der Waals surface area contributed by atoms with Gasteiger partial charge >= 0.3 is 5.97 Å². The Balaban J connectivity index is 1.50. The van der Waals surface area contributed by atoms with Crippen LogP contribution >= 0.6 is 23.2 Å². The molecule has 2 aliphatic heterocycles. The summed E-state index contributed by atoms with van der Waals surface area (Å²) in [6, 6.07) is 20.1. The monoisotopic (exact) mass is 507 g/mol. The van der Waals surface area contributed by atoms with Gasteiger partial charge in [0.1, 0.15) is 23.4 Å². The van der Waals surface area contributed by atoms with Crippen molar-refractivity contribution in [3.63, 3.8) is 0 Å². The maximum atomic E-state index is 11.2. The third-order valence-electron chi connectivity index (χ3n) is 5.68. The number of nitrogens with one attached hydrogen (secondary N) is 1. The van der Waals surface area contributed by atoms with Crippen LogP contribution in [0.15, 0.2) is 88.7 Å². The molecule has 0 bridgehead atoms. The zero-order valence-electron chi connectivity index (χ0n) is 18.4. The second-order valence-corrected chi connectivity index (χ2v) is 8.80. The molecule has 5 rings (SSSR count). The van der Waals surface area contributed by atoms with Crippen molar-refractivity contribution >= 4 is 40.7 Å². The van der Waals surface area contributed by atoms with E-state index in [9.17, 15) is 9.90 Å². The highest BCUT2D eigenvalue weighted by atomic mass is 35.5. The number of carboxylic acids is 1. The Morgan fingerprint density at radius 3 is 2.14 bits per heavy atom. The molecule has 3 aromatic rings. The lowest BCUT2D eigenvalue weighted by Crippen LogP contribution is -2.25. The average molecular weight is 508 g/mol. The molecule has 2 atom stereocenters. The molecule has 0 aromatic heterocycles. The molecule has 0 fully saturated rings. The van der Waals surface area contributed by atoms with Crippen molar-refractivity contribution < 1.29 is 19.4 Å². The first-order chi connectivity index (χ1) is 16.9. The molecule has 0 saturated heterocycles. The van der Waals surface area contributed by atoms with Gasteiger partial charge in [0.05, 0.1) is 19.4 Å². The number of methoxy groups -OCH3 is 1. The van der Waals surface area contributed by atoms with Crippen LogP contribution in [0.3, 0.4) is 0 Å². The fourth-order valence-electron chi connectivity index (χ4n) is 3.93. The predicted molar refractivity (Wildman–Crippen MR) is 135 cm³/mol. The lowest BCUT2D eigenvalue weighted by Gasteiger charge is -2.20. The Morgan fingerprint density at radius 2 is 1.57 bits per heavy atom. The molecule has 0 spiro atoms. The van der Waals surface area contributed by atoms with E-state index in [2.05, 4.69) is 10.3 Å². The van der Waals surface area contributed by atoms with E-state index < -0.39 is 5.97 Å². The van der Waals surface area contributed by atoms with Crippen LogP contribution in [0.4, 0.5) is 0 Å². The van der Waals surface area contributed by atoms with E-state index in [-0.39, 0.29) is 23.6 Å². The highest BCUT2D eigenvalue weighted by Crippen LogP contribution is 2.38. The summed E-state index contributed by atoms with van der Waals surface area (Å²) in [5.74, 6) is 0.610. The highest BCUT2D eigenvalue weighted by molar-refractivity contribution is 6.43. The first kappa shape index (κ1) is 23.0. The van der Waals surface area contributed by atoms with E-state index in [1.807, 2.05) is 54.6 Å². The number of nitrogens with zero attached hydrogens (tertiary/aromatic N) is 2. The van der Waals surface area contributed by atoms with Gasteiger partial charge in [-0.25, -0.2) is 9.79 Å². The predicted octanol–water partition coefficient (Wildman–Crippen LogP) is 5.59. The molecule has 0 radical (unpaired) electrons. The van der Waals surface area contributed by atoms with Gasteiger partial charge in [-0.2, -0.15) is 0 Å². The van der Waals surface area contributed by atoms with Crippen LogP contribution in [0.2, 0.25) is 10.0 Å². The van der Waals surface area contributed by atoms with Gasteiger partial charge in [0.25, 0.3) is 0 Å². The lowest BCUT2D eigenvalue weighted by molar-refractivity contribution is -0.129. The van der Waals surface area contributed by atoms with Crippen LogP contribution in [-0.2, 0) is 4.79 Å². The van der Waals surface area contributed by atoms with Crippen molar-refractivity contribution in [2.24, 2.45) is 9.98 Å². The van der Waals surface area contributed by atoms with Gasteiger partial charge in [-0.05, 0) is 47.5 Å². The maximum Gasteiger partial charge on any atom is 0.358 e. The van der Waals surface area contributed by atoms with Crippen LogP contribution in [0.25, 0.3) is 0 Å². The van der Waals surface area contributed by atoms with Crippen LogP contribution < -0.4 is 14.8 Å². The summed E-state index contributed by atoms with van der Waals surface area (Å²) in [6.45, 7) is 0. The van der Waals surface area contributed by atoms with E-state index in [0.717, 1.165) is 16.7 Å². The summed E-state index contributed by atoms with van der Waals surface area (Å²) in [4.78, 5) is 20.0. The zero-order chi connectivity index (χ0) is 24.5. The first-order valence-electron chi connectivity index (χ1n) is 10.7. The van der Waals surface area contributed by atoms with Crippen molar-refractivity contribution in [3.8, 4) is 11.5 Å². The molecule has 2 unspecified atom stereocenters. The Morgan fingerprint density at radius 1 is 0.943 bits per heavy atom. The molecular formula is C26H19Cl2N3O4. The molecule has 7 nitrogen and oxygen atoms in total. The summed E-state index contributed by atoms with van der Waals surface area (Å²) in [7, 11) is 1.55. The molecule has 0 amide bonds. The number of carboxylic acid groups (broad SMARTS) is 1. The normalized spacial score (nSPS) is 18.5. The minimum Gasteiger partial charge on any atom is -0.497 e. The Hall–Kier alpha value is -3.81. The van der Waals surface area contributed by atoms with Crippen LogP contribution in [-0.4, -0.2) is 29.7 Å². The molecular weight excluding hydrogens is 489 g/mol. The second-order valence-electron chi connectivity index (χ2n) is 7.92. The Labute approximate surface area is 211 Å². The second kappa shape index (κ2) is 9.44. The van der Waals surface area contributed by atoms with Gasteiger partial charge in [0.15, 0.2) is 11.5 Å².